The van der Waals surface area contributed by atoms with Crippen molar-refractivity contribution in [3.8, 4) is 0 Å². The van der Waals surface area contributed by atoms with Crippen LogP contribution in [0.5, 0.6) is 0 Å². The third-order valence-corrected chi connectivity index (χ3v) is 4.48. The zero-order chi connectivity index (χ0) is 14.5. The smallest absolute Gasteiger partial charge is 0.225 e. The highest BCUT2D eigenvalue weighted by molar-refractivity contribution is 6.31. The summed E-state index contributed by atoms with van der Waals surface area (Å²) in [6.45, 7) is 1.96. The van der Waals surface area contributed by atoms with E-state index in [0.29, 0.717) is 5.02 Å². The Hall–Kier alpha value is -1.06. The van der Waals surface area contributed by atoms with Gasteiger partial charge in [0.15, 0.2) is 0 Å². The highest BCUT2D eigenvalue weighted by Gasteiger charge is 2.28. The van der Waals surface area contributed by atoms with Crippen molar-refractivity contribution in [1.82, 2.24) is 5.32 Å². The second kappa shape index (κ2) is 7.09. The van der Waals surface area contributed by atoms with Gasteiger partial charge in [-0.25, -0.2) is 0 Å². The Bertz CT molecular complexity index is 464. The van der Waals surface area contributed by atoms with Gasteiger partial charge in [0.05, 0.1) is 12.0 Å². The van der Waals surface area contributed by atoms with Gasteiger partial charge < -0.3 is 11.1 Å². The maximum Gasteiger partial charge on any atom is 0.225 e. The minimum atomic E-state index is -0.0911. The molecule has 20 heavy (non-hydrogen) atoms. The highest BCUT2D eigenvalue weighted by atomic mass is 35.5. The van der Waals surface area contributed by atoms with E-state index in [1.165, 1.54) is 6.42 Å². The van der Waals surface area contributed by atoms with Crippen LogP contribution in [0.15, 0.2) is 24.3 Å². The molecule has 2 unspecified atom stereocenters. The van der Waals surface area contributed by atoms with Crippen LogP contribution >= 0.6 is 11.6 Å². The number of benzene rings is 1. The molecule has 1 saturated carbocycles. The van der Waals surface area contributed by atoms with Crippen LogP contribution < -0.4 is 11.1 Å². The molecule has 3 atom stereocenters. The number of hydrogen-bond acceptors (Lipinski definition) is 2. The minimum Gasteiger partial charge on any atom is -0.349 e. The molecular formula is C16H23ClN2O. The van der Waals surface area contributed by atoms with Crippen LogP contribution in [0, 0.1) is 5.92 Å². The third-order valence-electron chi connectivity index (χ3n) is 4.14. The molecule has 1 fully saturated rings. The second-order valence-corrected chi connectivity index (χ2v) is 6.07. The van der Waals surface area contributed by atoms with Crippen LogP contribution in [-0.4, -0.2) is 11.9 Å². The van der Waals surface area contributed by atoms with E-state index < -0.39 is 0 Å². The molecule has 0 bridgehead atoms. The zero-order valence-corrected chi connectivity index (χ0v) is 12.7. The Kier molecular flexibility index (Phi) is 5.44. The first-order valence-corrected chi connectivity index (χ1v) is 7.77. The summed E-state index contributed by atoms with van der Waals surface area (Å²) in [6.07, 6.45) is 5.23. The fourth-order valence-electron chi connectivity index (χ4n) is 2.89. The average molecular weight is 295 g/mol. The normalized spacial score (nSPS) is 24.8. The van der Waals surface area contributed by atoms with Crippen LogP contribution in [0.25, 0.3) is 0 Å². The van der Waals surface area contributed by atoms with E-state index in [1.54, 1.807) is 0 Å². The zero-order valence-electron chi connectivity index (χ0n) is 11.9. The molecule has 1 aliphatic rings. The number of carbonyl (C=O) groups is 1. The van der Waals surface area contributed by atoms with Gasteiger partial charge in [0.25, 0.3) is 0 Å². The molecule has 2 rings (SSSR count). The van der Waals surface area contributed by atoms with Crippen LogP contribution in [-0.2, 0) is 4.79 Å². The van der Waals surface area contributed by atoms with Crippen molar-refractivity contribution in [3.63, 3.8) is 0 Å². The van der Waals surface area contributed by atoms with Crippen LogP contribution in [0.3, 0.4) is 0 Å². The fourth-order valence-corrected chi connectivity index (χ4v) is 3.19. The van der Waals surface area contributed by atoms with Crippen molar-refractivity contribution in [1.29, 1.82) is 0 Å². The van der Waals surface area contributed by atoms with E-state index in [9.17, 15) is 4.79 Å². The summed E-state index contributed by atoms with van der Waals surface area (Å²) in [5.74, 6) is -0.00532. The molecule has 0 radical (unpaired) electrons. The predicted octanol–water partition coefficient (Wildman–Crippen LogP) is 3.42. The summed E-state index contributed by atoms with van der Waals surface area (Å²) in [6, 6.07) is 7.50. The Balaban J connectivity index is 2.01. The molecule has 0 saturated heterocycles. The Labute approximate surface area is 125 Å². The molecule has 1 aromatic rings. The van der Waals surface area contributed by atoms with Gasteiger partial charge in [-0.1, -0.05) is 49.1 Å². The quantitative estimate of drug-likeness (QED) is 0.839. The first kappa shape index (κ1) is 15.3. The summed E-state index contributed by atoms with van der Waals surface area (Å²) >= 11 is 6.17. The van der Waals surface area contributed by atoms with Crippen LogP contribution in [0.2, 0.25) is 5.02 Å². The van der Waals surface area contributed by atoms with Crippen molar-refractivity contribution in [2.24, 2.45) is 11.7 Å². The summed E-state index contributed by atoms with van der Waals surface area (Å²) in [7, 11) is 0. The van der Waals surface area contributed by atoms with Crippen LogP contribution in [0.4, 0.5) is 0 Å². The predicted molar refractivity (Wildman–Crippen MR) is 82.6 cm³/mol. The van der Waals surface area contributed by atoms with Gasteiger partial charge in [0.1, 0.15) is 0 Å². The van der Waals surface area contributed by atoms with E-state index in [4.69, 9.17) is 17.3 Å². The molecule has 1 amide bonds. The number of amides is 1. The van der Waals surface area contributed by atoms with E-state index in [1.807, 2.05) is 31.2 Å². The molecule has 3 nitrogen and oxygen atoms in total. The molecule has 0 aromatic heterocycles. The Morgan fingerprint density at radius 2 is 2.00 bits per heavy atom. The fraction of sp³-hybridized carbons (Fsp3) is 0.562. The number of carbonyl (C=O) groups excluding carboxylic acids is 1. The van der Waals surface area contributed by atoms with Crippen molar-refractivity contribution >= 4 is 17.5 Å². The Morgan fingerprint density at radius 1 is 1.30 bits per heavy atom. The van der Waals surface area contributed by atoms with Crippen molar-refractivity contribution < 1.29 is 4.79 Å². The third kappa shape index (κ3) is 3.74. The van der Waals surface area contributed by atoms with Gasteiger partial charge in [-0.3, -0.25) is 4.79 Å². The maximum absolute atomic E-state index is 12.4. The SMILES string of the molecule is C[C@H](NC(=O)C1CCCCCC1N)c1ccccc1Cl. The van der Waals surface area contributed by atoms with Crippen LogP contribution in [0.1, 0.15) is 50.6 Å². The molecule has 1 aliphatic carbocycles. The maximum atomic E-state index is 12.4. The van der Waals surface area contributed by atoms with Gasteiger partial charge in [0.2, 0.25) is 5.91 Å². The highest BCUT2D eigenvalue weighted by Crippen LogP contribution is 2.25. The number of hydrogen-bond donors (Lipinski definition) is 2. The number of halogens is 1. The average Bonchev–Trinajstić information content (AvgIpc) is 2.63. The van der Waals surface area contributed by atoms with Crippen molar-refractivity contribution in [3.05, 3.63) is 34.9 Å². The minimum absolute atomic E-state index is 0.0176. The number of nitrogens with two attached hydrogens (primary N) is 1. The van der Waals surface area contributed by atoms with Gasteiger partial charge in [-0.2, -0.15) is 0 Å². The van der Waals surface area contributed by atoms with E-state index in [2.05, 4.69) is 5.32 Å². The van der Waals surface area contributed by atoms with E-state index >= 15 is 0 Å². The van der Waals surface area contributed by atoms with Gasteiger partial charge in [-0.05, 0) is 31.4 Å². The van der Waals surface area contributed by atoms with Gasteiger partial charge in [-0.15, -0.1) is 0 Å². The molecule has 0 heterocycles. The summed E-state index contributed by atoms with van der Waals surface area (Å²) in [5.41, 5.74) is 7.09. The molecule has 4 heteroatoms. The molecular weight excluding hydrogens is 272 g/mol. The summed E-state index contributed by atoms with van der Waals surface area (Å²) < 4.78 is 0. The standard InChI is InChI=1S/C16H23ClN2O/c1-11(12-7-5-6-9-14(12)17)19-16(20)13-8-3-2-4-10-15(13)18/h5-7,9,11,13,15H,2-4,8,10,18H2,1H3,(H,19,20)/t11-,13?,15?/m0/s1. The lowest BCUT2D eigenvalue weighted by atomic mass is 9.94. The lowest BCUT2D eigenvalue weighted by molar-refractivity contribution is -0.126. The topological polar surface area (TPSA) is 55.1 Å². The molecule has 1 aromatic carbocycles. The first-order chi connectivity index (χ1) is 9.59. The largest absolute Gasteiger partial charge is 0.349 e. The van der Waals surface area contributed by atoms with E-state index in [0.717, 1.165) is 31.2 Å². The monoisotopic (exact) mass is 294 g/mol. The van der Waals surface area contributed by atoms with Gasteiger partial charge >= 0.3 is 0 Å². The van der Waals surface area contributed by atoms with Crippen molar-refractivity contribution in [2.45, 2.75) is 51.1 Å². The van der Waals surface area contributed by atoms with Crippen molar-refractivity contribution in [2.75, 3.05) is 0 Å². The van der Waals surface area contributed by atoms with Gasteiger partial charge in [0, 0.05) is 11.1 Å². The molecule has 110 valence electrons. The number of nitrogens with one attached hydrogen (secondary N) is 1. The summed E-state index contributed by atoms with van der Waals surface area (Å²) in [5, 5.41) is 3.75. The Morgan fingerprint density at radius 3 is 2.75 bits per heavy atom. The molecule has 0 aliphatic heterocycles. The lowest BCUT2D eigenvalue weighted by Crippen LogP contribution is -2.42. The summed E-state index contributed by atoms with van der Waals surface area (Å²) in [4.78, 5) is 12.4. The lowest BCUT2D eigenvalue weighted by Gasteiger charge is -2.23. The second-order valence-electron chi connectivity index (χ2n) is 5.66. The molecule has 0 spiro atoms. The first-order valence-electron chi connectivity index (χ1n) is 7.40. The number of rotatable bonds is 3. The molecule has 3 N–H and O–H groups in total. The van der Waals surface area contributed by atoms with E-state index in [-0.39, 0.29) is 23.9 Å².